The highest BCUT2D eigenvalue weighted by Gasteiger charge is 2.39. The van der Waals surface area contributed by atoms with Crippen LogP contribution in [0.2, 0.25) is 0 Å². The molecule has 254 valence electrons. The summed E-state index contributed by atoms with van der Waals surface area (Å²) in [6.45, 7) is 2.21. The number of aromatic nitrogens is 4. The molecule has 0 N–H and O–H groups in total. The number of fused-ring (bicyclic) bond motifs is 7. The van der Waals surface area contributed by atoms with E-state index in [4.69, 9.17) is 54.2 Å². The third-order valence-electron chi connectivity index (χ3n) is 11.4. The molecule has 0 bridgehead atoms. The molecule has 7 aromatic rings. The predicted molar refractivity (Wildman–Crippen MR) is 236 cm³/mol. The van der Waals surface area contributed by atoms with Crippen molar-refractivity contribution in [3.05, 3.63) is 145 Å². The fourth-order valence-electron chi connectivity index (χ4n) is 8.53. The molecule has 5 nitrogen and oxygen atoms in total. The zero-order valence-corrected chi connectivity index (χ0v) is 30.8. The van der Waals surface area contributed by atoms with E-state index in [2.05, 4.69) is 95.3 Å². The number of hydrogen-bond donors (Lipinski definition) is 0. The van der Waals surface area contributed by atoms with Gasteiger partial charge in [0.1, 0.15) is 39.2 Å². The van der Waals surface area contributed by atoms with E-state index in [1.807, 2.05) is 48.5 Å². The highest BCUT2D eigenvalue weighted by Crippen LogP contribution is 2.56. The first kappa shape index (κ1) is 34.5. The van der Waals surface area contributed by atoms with Crippen molar-refractivity contribution in [2.24, 2.45) is 5.92 Å². The van der Waals surface area contributed by atoms with Crippen LogP contribution in [-0.2, 0) is 0 Å². The molecular weight excluding hydrogens is 677 g/mol. The van der Waals surface area contributed by atoms with E-state index in [-0.39, 0.29) is 33.2 Å². The van der Waals surface area contributed by atoms with Gasteiger partial charge in [-0.15, -0.1) is 16.4 Å². The minimum atomic E-state index is 0.0866. The molecule has 10 radical (unpaired) electrons. The molecule has 3 aliphatic rings. The molecule has 3 heterocycles. The number of nitrogens with zero attached hydrogens (tertiary/aromatic N) is 5. The van der Waals surface area contributed by atoms with Crippen molar-refractivity contribution in [1.29, 1.82) is 0 Å². The van der Waals surface area contributed by atoms with Crippen LogP contribution in [0.4, 0.5) is 11.4 Å². The Kier molecular flexibility index (Phi) is 8.21. The van der Waals surface area contributed by atoms with Gasteiger partial charge in [0.15, 0.2) is 11.6 Å². The van der Waals surface area contributed by atoms with Gasteiger partial charge >= 0.3 is 0 Å². The molecule has 0 amide bonds. The van der Waals surface area contributed by atoms with Gasteiger partial charge < -0.3 is 4.90 Å². The number of benzene rings is 5. The Balaban J connectivity index is 1.30. The third kappa shape index (κ3) is 5.26. The summed E-state index contributed by atoms with van der Waals surface area (Å²) in [5, 5.41) is 2.16. The number of rotatable bonds is 5. The fraction of sp³-hybridized carbons (Fsp3) is 0.109. The summed E-state index contributed by atoms with van der Waals surface area (Å²) in [4.78, 5) is 17.9. The van der Waals surface area contributed by atoms with Gasteiger partial charge in [-0.1, -0.05) is 127 Å². The molecule has 0 saturated heterocycles. The monoisotopic (exact) mass is 707 g/mol. The first-order chi connectivity index (χ1) is 27.3. The topological polar surface area (TPSA) is 46.8 Å². The molecule has 0 spiro atoms. The standard InChI is InChI=1S/C46H30B5N5/c1-25-19-21-27(22-20-25)45-52-44(26-11-3-2-4-12-26)53-46(54-45)56-34-17-9-6-14-29(34)31-24-23-30-28-13-5-8-16-33(28)55(42(30)43(31)56)35-18-10-7-15-32(35)36-37(47)39(49)41(51)40(50)38(36)48/h2-12,14-19,21-25,28H,13,20H2,1H3. The van der Waals surface area contributed by atoms with Gasteiger partial charge in [0.25, 0.3) is 0 Å². The van der Waals surface area contributed by atoms with Gasteiger partial charge in [-0.25, -0.2) is 4.98 Å². The van der Waals surface area contributed by atoms with Gasteiger partial charge in [-0.2, -0.15) is 9.97 Å². The van der Waals surface area contributed by atoms with Crippen LogP contribution >= 0.6 is 0 Å². The lowest BCUT2D eigenvalue weighted by Crippen LogP contribution is -2.55. The summed E-state index contributed by atoms with van der Waals surface area (Å²) in [5.74, 6) is 2.29. The summed E-state index contributed by atoms with van der Waals surface area (Å²) in [6, 6.07) is 31.1. The van der Waals surface area contributed by atoms with Crippen molar-refractivity contribution >= 4 is 105 Å². The lowest BCUT2D eigenvalue weighted by atomic mass is 9.59. The van der Waals surface area contributed by atoms with Gasteiger partial charge in [0.2, 0.25) is 5.95 Å². The van der Waals surface area contributed by atoms with E-state index in [1.54, 1.807) is 0 Å². The average molecular weight is 707 g/mol. The van der Waals surface area contributed by atoms with E-state index in [0.29, 0.717) is 29.1 Å². The van der Waals surface area contributed by atoms with Gasteiger partial charge in [0.05, 0.1) is 22.4 Å². The van der Waals surface area contributed by atoms with Crippen LogP contribution in [0.15, 0.2) is 133 Å². The van der Waals surface area contributed by atoms with E-state index < -0.39 is 0 Å². The maximum atomic E-state index is 6.75. The maximum Gasteiger partial charge on any atom is 0.238 e. The van der Waals surface area contributed by atoms with Crippen LogP contribution in [0, 0.1) is 5.92 Å². The Morgan fingerprint density at radius 2 is 1.39 bits per heavy atom. The Hall–Kier alpha value is -6.01. The van der Waals surface area contributed by atoms with E-state index in [1.165, 1.54) is 5.56 Å². The van der Waals surface area contributed by atoms with Crippen LogP contribution in [-0.4, -0.2) is 58.8 Å². The first-order valence-electron chi connectivity index (χ1n) is 18.8. The second kappa shape index (κ2) is 13.3. The van der Waals surface area contributed by atoms with Crippen LogP contribution in [0.25, 0.3) is 55.8 Å². The number of hydrogen-bond acceptors (Lipinski definition) is 4. The van der Waals surface area contributed by atoms with Crippen LogP contribution in [0.5, 0.6) is 0 Å². The summed E-state index contributed by atoms with van der Waals surface area (Å²) < 4.78 is 2.21. The largest absolute Gasteiger partial charge is 0.311 e. The van der Waals surface area contributed by atoms with Crippen molar-refractivity contribution < 1.29 is 0 Å². The minimum absolute atomic E-state index is 0.0866. The molecular formula is C46H30B5N5. The molecule has 0 fully saturated rings. The van der Waals surface area contributed by atoms with Crippen molar-refractivity contribution in [3.63, 3.8) is 0 Å². The molecule has 56 heavy (non-hydrogen) atoms. The smallest absolute Gasteiger partial charge is 0.238 e. The quantitative estimate of drug-likeness (QED) is 0.227. The maximum absolute atomic E-state index is 6.75. The van der Waals surface area contributed by atoms with Crippen LogP contribution in [0.1, 0.15) is 37.1 Å². The van der Waals surface area contributed by atoms with Gasteiger partial charge in [-0.05, 0) is 48.1 Å². The SMILES string of the molecule is [B]c1c([B])c([B])c(-c2ccccc2N2C3=CC=CCC3c3ccc4c5ccccc5n(-c5nc(C6=CCC(C)C=C6)nc(-c6ccccc6)n5)c4c32)c([B])c1[B]. The molecule has 5 aromatic carbocycles. The molecule has 1 aliphatic heterocycles. The second-order valence-corrected chi connectivity index (χ2v) is 14.7. The normalized spacial score (nSPS) is 17.3. The summed E-state index contributed by atoms with van der Waals surface area (Å²) in [5.41, 5.74) is 10.6. The fourth-order valence-corrected chi connectivity index (χ4v) is 8.53. The lowest BCUT2D eigenvalue weighted by molar-refractivity contribution is 0.738. The Labute approximate surface area is 333 Å². The van der Waals surface area contributed by atoms with Crippen molar-refractivity contribution in [1.82, 2.24) is 19.5 Å². The first-order valence-corrected chi connectivity index (χ1v) is 18.8. The van der Waals surface area contributed by atoms with E-state index in [9.17, 15) is 0 Å². The molecule has 2 aliphatic carbocycles. The molecule has 2 aromatic heterocycles. The molecule has 2 atom stereocenters. The number of para-hydroxylation sites is 2. The third-order valence-corrected chi connectivity index (χ3v) is 11.4. The van der Waals surface area contributed by atoms with Crippen LogP contribution in [0.3, 0.4) is 0 Å². The molecule has 10 heteroatoms. The van der Waals surface area contributed by atoms with E-state index >= 15 is 0 Å². The minimum Gasteiger partial charge on any atom is -0.311 e. The van der Waals surface area contributed by atoms with Crippen molar-refractivity contribution in [3.8, 4) is 28.5 Å². The Morgan fingerprint density at radius 3 is 2.18 bits per heavy atom. The van der Waals surface area contributed by atoms with E-state index in [0.717, 1.165) is 68.4 Å². The summed E-state index contributed by atoms with van der Waals surface area (Å²) in [7, 11) is 32.7. The highest BCUT2D eigenvalue weighted by molar-refractivity contribution is 6.68. The van der Waals surface area contributed by atoms with Gasteiger partial charge in [0, 0.05) is 39.1 Å². The molecule has 0 saturated carbocycles. The van der Waals surface area contributed by atoms with Crippen molar-refractivity contribution in [2.45, 2.75) is 25.7 Å². The Morgan fingerprint density at radius 1 is 0.679 bits per heavy atom. The number of anilines is 2. The molecule has 2 unspecified atom stereocenters. The van der Waals surface area contributed by atoms with Crippen molar-refractivity contribution in [2.75, 3.05) is 4.90 Å². The average Bonchev–Trinajstić information content (AvgIpc) is 3.76. The highest BCUT2D eigenvalue weighted by atomic mass is 15.2. The van der Waals surface area contributed by atoms with Crippen LogP contribution < -0.4 is 32.2 Å². The summed E-state index contributed by atoms with van der Waals surface area (Å²) in [6.07, 6.45) is 14.9. The lowest BCUT2D eigenvalue weighted by Gasteiger charge is -2.30. The summed E-state index contributed by atoms with van der Waals surface area (Å²) >= 11 is 0. The van der Waals surface area contributed by atoms with Gasteiger partial charge in [-0.3, -0.25) is 4.57 Å². The zero-order chi connectivity index (χ0) is 38.2. The second-order valence-electron chi connectivity index (χ2n) is 14.7. The number of allylic oxidation sites excluding steroid dienone is 8. The zero-order valence-electron chi connectivity index (χ0n) is 30.8. The predicted octanol–water partition coefficient (Wildman–Crippen LogP) is 5.33. The Bertz CT molecular complexity index is 2880. The molecule has 10 rings (SSSR count).